The molecular weight excluding hydrogens is 1200 g/mol. The minimum atomic E-state index is -2.59. The summed E-state index contributed by atoms with van der Waals surface area (Å²) in [4.78, 5) is 0. The van der Waals surface area contributed by atoms with Gasteiger partial charge in [0.15, 0.2) is 23.1 Å². The number of rotatable bonds is 16. The van der Waals surface area contributed by atoms with E-state index in [0.29, 0.717) is 23.9 Å². The van der Waals surface area contributed by atoms with Crippen molar-refractivity contribution in [1.82, 2.24) is 0 Å². The first-order valence-corrected chi connectivity index (χ1v) is 39.8. The predicted molar refractivity (Wildman–Crippen MR) is 376 cm³/mol. The van der Waals surface area contributed by atoms with Crippen LogP contribution in [0.2, 0.25) is 5.04 Å². The lowest BCUT2D eigenvalue weighted by molar-refractivity contribution is -0.221. The molecule has 2 spiro atoms. The maximum Gasteiger partial charge on any atom is 0.261 e. The second kappa shape index (κ2) is 26.3. The van der Waals surface area contributed by atoms with Crippen LogP contribution in [0, 0.1) is 69.0 Å². The van der Waals surface area contributed by atoms with E-state index in [-0.39, 0.29) is 39.5 Å². The van der Waals surface area contributed by atoms with Gasteiger partial charge in [-0.3, -0.25) is 0 Å². The summed E-state index contributed by atoms with van der Waals surface area (Å²) in [6, 6.07) is 39.9. The molecule has 12 aliphatic rings. The van der Waals surface area contributed by atoms with Crippen LogP contribution in [-0.4, -0.2) is 89.4 Å². The van der Waals surface area contributed by atoms with E-state index in [1.54, 1.807) is 11.1 Å². The topological polar surface area (TPSA) is 103 Å². The first-order valence-electron chi connectivity index (χ1n) is 37.9. The van der Waals surface area contributed by atoms with Gasteiger partial charge in [-0.1, -0.05) is 167 Å². The van der Waals surface area contributed by atoms with E-state index in [2.05, 4.69) is 170 Å². The molecule has 4 aliphatic heterocycles. The molecule has 1 N–H and O–H groups in total. The van der Waals surface area contributed by atoms with Crippen LogP contribution in [0.25, 0.3) is 0 Å². The van der Waals surface area contributed by atoms with Gasteiger partial charge in [-0.05, 0) is 224 Å². The zero-order valence-corrected chi connectivity index (χ0v) is 59.9. The minimum Gasteiger partial charge on any atom is -0.403 e. The van der Waals surface area contributed by atoms with Gasteiger partial charge in [0, 0.05) is 37.5 Å². The number of aliphatic hydroxyl groups is 1. The van der Waals surface area contributed by atoms with Crippen molar-refractivity contribution in [3.05, 3.63) is 155 Å². The monoisotopic (exact) mass is 1310 g/mol. The molecule has 11 heteroatoms. The molecule has 0 aromatic heterocycles. The van der Waals surface area contributed by atoms with Crippen LogP contribution in [0.4, 0.5) is 0 Å². The van der Waals surface area contributed by atoms with Crippen LogP contribution < -0.4 is 10.4 Å². The van der Waals surface area contributed by atoms with E-state index < -0.39 is 19.9 Å². The van der Waals surface area contributed by atoms with E-state index in [1.165, 1.54) is 130 Å². The van der Waals surface area contributed by atoms with Crippen LogP contribution in [0.1, 0.15) is 199 Å². The fraction of sp³-hybridized carbons (Fsp3) is 0.667. The van der Waals surface area contributed by atoms with Crippen molar-refractivity contribution in [2.75, 3.05) is 52.9 Å². The Morgan fingerprint density at radius 3 is 1.23 bits per heavy atom. The Hall–Kier alpha value is -3.82. The number of ether oxygens (including phenoxy) is 8. The summed E-state index contributed by atoms with van der Waals surface area (Å²) in [6.07, 6.45) is 31.5. The van der Waals surface area contributed by atoms with E-state index >= 15 is 0 Å². The van der Waals surface area contributed by atoms with E-state index in [1.807, 2.05) is 0 Å². The highest BCUT2D eigenvalue weighted by atomic mass is 28.4. The van der Waals surface area contributed by atoms with Crippen molar-refractivity contribution in [2.24, 2.45) is 69.0 Å². The number of hydrogen-bond donors (Lipinski definition) is 1. The molecule has 4 heterocycles. The third-order valence-electron chi connectivity index (χ3n) is 28.6. The summed E-state index contributed by atoms with van der Waals surface area (Å²) in [5.74, 6) is 3.82. The molecule has 4 aromatic carbocycles. The van der Waals surface area contributed by atoms with Gasteiger partial charge < -0.3 is 47.4 Å². The maximum atomic E-state index is 9.43. The highest BCUT2D eigenvalue weighted by molar-refractivity contribution is 6.99. The Kier molecular flexibility index (Phi) is 18.5. The zero-order valence-electron chi connectivity index (χ0n) is 58.9. The summed E-state index contributed by atoms with van der Waals surface area (Å²) >= 11 is 0. The third-order valence-corrected chi connectivity index (χ3v) is 33.6. The Morgan fingerprint density at radius 1 is 0.442 bits per heavy atom. The summed E-state index contributed by atoms with van der Waals surface area (Å²) in [5.41, 5.74) is 9.41. The molecule has 4 aromatic rings. The van der Waals surface area contributed by atoms with E-state index in [4.69, 9.17) is 42.3 Å². The Labute approximate surface area is 570 Å². The van der Waals surface area contributed by atoms with Gasteiger partial charge in [-0.15, -0.1) is 0 Å². The predicted octanol–water partition coefficient (Wildman–Crippen LogP) is 16.7. The Balaban J connectivity index is 0.000000167. The normalized spacial score (nSPS) is 35.5. The average molecular weight is 1310 g/mol. The molecule has 514 valence electrons. The van der Waals surface area contributed by atoms with Gasteiger partial charge in [-0.25, -0.2) is 0 Å². The van der Waals surface area contributed by atoms with Crippen LogP contribution in [-0.2, 0) is 68.4 Å². The molecule has 0 unspecified atom stereocenters. The quantitative estimate of drug-likeness (QED) is 0.0862. The van der Waals surface area contributed by atoms with Crippen molar-refractivity contribution in [3.8, 4) is 0 Å². The van der Waals surface area contributed by atoms with Gasteiger partial charge in [0.1, 0.15) is 0 Å². The Bertz CT molecular complexity index is 3300. The molecule has 0 amide bonds. The second-order valence-corrected chi connectivity index (χ2v) is 38.1. The lowest BCUT2D eigenvalue weighted by Crippen LogP contribution is -2.66. The first kappa shape index (κ1) is 67.0. The van der Waals surface area contributed by atoms with Crippen LogP contribution in [0.5, 0.6) is 0 Å². The largest absolute Gasteiger partial charge is 0.403 e. The Morgan fingerprint density at radius 2 is 0.832 bits per heavy atom. The number of fused-ring (bicyclic) bond motifs is 10. The maximum absolute atomic E-state index is 9.43. The first-order chi connectivity index (χ1) is 45.9. The van der Waals surface area contributed by atoms with Crippen LogP contribution in [0.3, 0.4) is 0 Å². The zero-order chi connectivity index (χ0) is 65.4. The molecule has 16 rings (SSSR count). The molecule has 10 nitrogen and oxygen atoms in total. The van der Waals surface area contributed by atoms with Crippen LogP contribution >= 0.6 is 0 Å². The summed E-state index contributed by atoms with van der Waals surface area (Å²) < 4.78 is 57.9. The highest BCUT2D eigenvalue weighted by Gasteiger charge is 2.67. The van der Waals surface area contributed by atoms with Crippen molar-refractivity contribution in [1.29, 1.82) is 0 Å². The van der Waals surface area contributed by atoms with Crippen molar-refractivity contribution >= 4 is 18.7 Å². The van der Waals surface area contributed by atoms with Gasteiger partial charge >= 0.3 is 0 Å². The number of allylic oxidation sites excluding steroid dienone is 2. The number of hydrogen-bond acceptors (Lipinski definition) is 10. The molecule has 0 radical (unpaired) electrons. The lowest BCUT2D eigenvalue weighted by atomic mass is 9.46. The highest BCUT2D eigenvalue weighted by Crippen LogP contribution is 2.72. The van der Waals surface area contributed by atoms with Gasteiger partial charge in [0.25, 0.3) is 8.32 Å². The van der Waals surface area contributed by atoms with Gasteiger partial charge in [0.05, 0.1) is 66.1 Å². The number of aliphatic hydroxyl groups excluding tert-OH is 1. The fourth-order valence-corrected chi connectivity index (χ4v) is 28.7. The minimum absolute atomic E-state index is 0.0393. The van der Waals surface area contributed by atoms with Crippen molar-refractivity contribution in [3.63, 3.8) is 0 Å². The average Bonchev–Trinajstić information content (AvgIpc) is 1.65. The molecule has 4 saturated heterocycles. The van der Waals surface area contributed by atoms with Crippen molar-refractivity contribution in [2.45, 2.75) is 231 Å². The summed E-state index contributed by atoms with van der Waals surface area (Å²) in [6.45, 7) is 23.4. The van der Waals surface area contributed by atoms with Gasteiger partial charge in [0.2, 0.25) is 0 Å². The molecular formula is C84H114O10Si. The van der Waals surface area contributed by atoms with E-state index in [9.17, 15) is 5.11 Å². The molecule has 12 atom stereocenters. The lowest BCUT2D eigenvalue weighted by Gasteiger charge is -2.60. The molecule has 0 bridgehead atoms. The summed E-state index contributed by atoms with van der Waals surface area (Å²) in [5, 5.41) is 12.0. The second-order valence-electron chi connectivity index (χ2n) is 33.8. The number of aryl methyl sites for hydroxylation is 2. The number of benzene rings is 4. The standard InChI is InChI=1S/C50H66O5Si.C34H48O5/c1-46(2,3)56(40-14-8-6-9-15-40,41-16-10-7-11-17-41)55-36-38-20-18-37(19-21-38)13-12-27-49-28-26-43-42(44(49)24-25-45(49)48(5)51-31-32-52-48)23-22-39-35-50(53-33-34-54-50)30-29-47(39,43)4;1-31-16-17-34(38-20-21-39-34)22-26(31)9-10-27-28(31)13-15-33(14-3-4-24-5-7-25(23-35)8-6-24)29(27)11-12-30(33)32(2)36-18-19-37-32/h6-11,14-22,42-45H,12-13,23-36H2,1-5H3;5-9,27-30,35H,3-4,10-23H2,1-2H3/t42-,43-,44+,45-,47-,49+;27-,28-,29+,30-,31-,33+/m11/s1. The van der Waals surface area contributed by atoms with Crippen LogP contribution in [0.15, 0.2) is 132 Å². The third kappa shape index (κ3) is 11.9. The van der Waals surface area contributed by atoms with Gasteiger partial charge in [-0.2, -0.15) is 0 Å². The fourth-order valence-electron chi connectivity index (χ4n) is 24.1. The smallest absolute Gasteiger partial charge is 0.261 e. The molecule has 95 heavy (non-hydrogen) atoms. The SMILES string of the molecule is CC1([C@H]2CC[C@H]3[C@@H]4CC=C5CC6(CC[C@@]5(C)[C@@H]4CC[C@]23CCCc2ccc(CO)cc2)OCCO6)OCCO1.CC1([C@H]2CC[C@H]3[C@@H]4CC=C5CC6(CC[C@@]5(C)[C@@H]4CC[C@]23CCCc2ccc(CO[Si](c3ccccc3)(c3ccccc3)C(C)(C)C)cc2)OCCO6)OCCO1. The molecule has 8 aliphatic carbocycles. The molecule has 6 saturated carbocycles. The molecule has 10 fully saturated rings. The summed E-state index contributed by atoms with van der Waals surface area (Å²) in [7, 11) is -2.59. The van der Waals surface area contributed by atoms with E-state index in [0.717, 1.165) is 132 Å². The van der Waals surface area contributed by atoms with Crippen molar-refractivity contribution < 1.29 is 47.4 Å².